The van der Waals surface area contributed by atoms with Gasteiger partial charge in [-0.15, -0.1) is 11.3 Å². The number of anilines is 1. The van der Waals surface area contributed by atoms with Gasteiger partial charge in [0, 0.05) is 26.2 Å². The summed E-state index contributed by atoms with van der Waals surface area (Å²) in [6.07, 6.45) is 2.71. The summed E-state index contributed by atoms with van der Waals surface area (Å²) in [5, 5.41) is 8.59. The number of ether oxygens (including phenoxy) is 1. The molecule has 134 valence electrons. The summed E-state index contributed by atoms with van der Waals surface area (Å²) >= 11 is 1.49. The van der Waals surface area contributed by atoms with Crippen molar-refractivity contribution in [1.82, 2.24) is 10.2 Å². The van der Waals surface area contributed by atoms with Gasteiger partial charge in [0.05, 0.1) is 17.0 Å². The SMILES string of the molecule is CC(C)OCCCNC(=O)C1CCCN(C(=O)Nc2cccs2)C1. The van der Waals surface area contributed by atoms with Gasteiger partial charge in [-0.25, -0.2) is 4.79 Å². The Hall–Kier alpha value is -1.60. The molecule has 0 bridgehead atoms. The van der Waals surface area contributed by atoms with Crippen LogP contribution in [0.3, 0.4) is 0 Å². The second-order valence-electron chi connectivity index (χ2n) is 6.26. The number of carbonyl (C=O) groups excluding carboxylic acids is 2. The van der Waals surface area contributed by atoms with Gasteiger partial charge in [0.15, 0.2) is 0 Å². The van der Waals surface area contributed by atoms with Crippen molar-refractivity contribution in [2.75, 3.05) is 31.6 Å². The second-order valence-corrected chi connectivity index (χ2v) is 7.20. The van der Waals surface area contributed by atoms with Crippen molar-refractivity contribution in [3.63, 3.8) is 0 Å². The predicted octanol–water partition coefficient (Wildman–Crippen LogP) is 2.92. The molecule has 6 nitrogen and oxygen atoms in total. The largest absolute Gasteiger partial charge is 0.379 e. The van der Waals surface area contributed by atoms with E-state index in [9.17, 15) is 9.59 Å². The molecule has 0 saturated carbocycles. The maximum absolute atomic E-state index is 12.3. The number of rotatable bonds is 7. The zero-order valence-corrected chi connectivity index (χ0v) is 15.2. The molecule has 0 radical (unpaired) electrons. The normalized spacial score (nSPS) is 17.8. The van der Waals surface area contributed by atoms with Gasteiger partial charge in [0.1, 0.15) is 0 Å². The van der Waals surface area contributed by atoms with Gasteiger partial charge in [0.25, 0.3) is 0 Å². The molecule has 1 saturated heterocycles. The van der Waals surface area contributed by atoms with Crippen LogP contribution in [0, 0.1) is 5.92 Å². The standard InChI is InChI=1S/C17H27N3O3S/c1-13(2)23-10-5-8-18-16(21)14-6-3-9-20(12-14)17(22)19-15-7-4-11-24-15/h4,7,11,13-14H,3,5-6,8-10,12H2,1-2H3,(H,18,21)(H,19,22). The van der Waals surface area contributed by atoms with Gasteiger partial charge in [-0.05, 0) is 50.6 Å². The van der Waals surface area contributed by atoms with Crippen LogP contribution < -0.4 is 10.6 Å². The molecule has 1 aliphatic rings. The minimum Gasteiger partial charge on any atom is -0.379 e. The Morgan fingerprint density at radius 1 is 1.46 bits per heavy atom. The summed E-state index contributed by atoms with van der Waals surface area (Å²) in [6.45, 7) is 6.43. The quantitative estimate of drug-likeness (QED) is 0.741. The number of urea groups is 1. The van der Waals surface area contributed by atoms with Crippen LogP contribution in [0.1, 0.15) is 33.1 Å². The van der Waals surface area contributed by atoms with Gasteiger partial charge in [0.2, 0.25) is 5.91 Å². The van der Waals surface area contributed by atoms with Crippen LogP contribution in [-0.4, -0.2) is 49.2 Å². The van der Waals surface area contributed by atoms with E-state index >= 15 is 0 Å². The zero-order valence-electron chi connectivity index (χ0n) is 14.4. The maximum atomic E-state index is 12.3. The lowest BCUT2D eigenvalue weighted by molar-refractivity contribution is -0.126. The van der Waals surface area contributed by atoms with Crippen molar-refractivity contribution in [3.05, 3.63) is 17.5 Å². The summed E-state index contributed by atoms with van der Waals surface area (Å²) in [5.74, 6) is -0.0907. The van der Waals surface area contributed by atoms with Crippen LogP contribution in [0.4, 0.5) is 9.80 Å². The first kappa shape index (κ1) is 18.7. The first-order valence-corrected chi connectivity index (χ1v) is 9.43. The fraction of sp³-hybridized carbons (Fsp3) is 0.647. The summed E-state index contributed by atoms with van der Waals surface area (Å²) < 4.78 is 5.46. The molecule has 24 heavy (non-hydrogen) atoms. The van der Waals surface area contributed by atoms with Crippen LogP contribution in [-0.2, 0) is 9.53 Å². The molecule has 2 heterocycles. The molecule has 1 fully saturated rings. The molecule has 2 rings (SSSR count). The first-order chi connectivity index (χ1) is 11.6. The fourth-order valence-corrected chi connectivity index (χ4v) is 3.26. The molecule has 1 aromatic rings. The number of piperidine rings is 1. The monoisotopic (exact) mass is 353 g/mol. The Balaban J connectivity index is 1.71. The molecule has 1 aromatic heterocycles. The van der Waals surface area contributed by atoms with Crippen molar-refractivity contribution in [2.24, 2.45) is 5.92 Å². The average Bonchev–Trinajstić information content (AvgIpc) is 3.07. The van der Waals surface area contributed by atoms with E-state index in [1.807, 2.05) is 31.4 Å². The van der Waals surface area contributed by atoms with Crippen LogP contribution in [0.2, 0.25) is 0 Å². The highest BCUT2D eigenvalue weighted by Gasteiger charge is 2.28. The third kappa shape index (κ3) is 6.13. The Bertz CT molecular complexity index is 519. The van der Waals surface area contributed by atoms with Crippen molar-refractivity contribution in [3.8, 4) is 0 Å². The third-order valence-electron chi connectivity index (χ3n) is 3.90. The lowest BCUT2D eigenvalue weighted by Gasteiger charge is -2.31. The van der Waals surface area contributed by atoms with Crippen LogP contribution in [0.25, 0.3) is 0 Å². The fourth-order valence-electron chi connectivity index (χ4n) is 2.66. The molecule has 1 atom stereocenters. The molecule has 3 amide bonds. The number of thiophene rings is 1. The van der Waals surface area contributed by atoms with Crippen LogP contribution in [0.15, 0.2) is 17.5 Å². The molecule has 7 heteroatoms. The first-order valence-electron chi connectivity index (χ1n) is 8.55. The highest BCUT2D eigenvalue weighted by atomic mass is 32.1. The summed E-state index contributed by atoms with van der Waals surface area (Å²) in [5.41, 5.74) is 0. The number of hydrogen-bond donors (Lipinski definition) is 2. The Morgan fingerprint density at radius 3 is 3.00 bits per heavy atom. The number of amides is 3. The summed E-state index contributed by atoms with van der Waals surface area (Å²) in [6, 6.07) is 3.64. The Kier molecular flexibility index (Phi) is 7.52. The van der Waals surface area contributed by atoms with E-state index in [0.29, 0.717) is 26.2 Å². The number of nitrogens with zero attached hydrogens (tertiary/aromatic N) is 1. The van der Waals surface area contributed by atoms with E-state index < -0.39 is 0 Å². The van der Waals surface area contributed by atoms with E-state index in [4.69, 9.17) is 4.74 Å². The molecule has 2 N–H and O–H groups in total. The van der Waals surface area contributed by atoms with Gasteiger partial charge >= 0.3 is 6.03 Å². The molecule has 1 aliphatic heterocycles. The highest BCUT2D eigenvalue weighted by Crippen LogP contribution is 2.20. The second kappa shape index (κ2) is 9.64. The van der Waals surface area contributed by atoms with Crippen molar-refractivity contribution >= 4 is 28.3 Å². The Labute approximate surface area is 147 Å². The molecule has 0 spiro atoms. The van der Waals surface area contributed by atoms with E-state index in [1.165, 1.54) is 11.3 Å². The molecule has 1 unspecified atom stereocenters. The van der Waals surface area contributed by atoms with Crippen molar-refractivity contribution < 1.29 is 14.3 Å². The highest BCUT2D eigenvalue weighted by molar-refractivity contribution is 7.14. The maximum Gasteiger partial charge on any atom is 0.322 e. The van der Waals surface area contributed by atoms with E-state index in [0.717, 1.165) is 24.3 Å². The molecular weight excluding hydrogens is 326 g/mol. The van der Waals surface area contributed by atoms with E-state index in [1.54, 1.807) is 4.90 Å². The topological polar surface area (TPSA) is 70.7 Å². The molecule has 0 aliphatic carbocycles. The Morgan fingerprint density at radius 2 is 2.29 bits per heavy atom. The molecule has 0 aromatic carbocycles. The molecular formula is C17H27N3O3S. The van der Waals surface area contributed by atoms with Gasteiger partial charge in [-0.3, -0.25) is 10.1 Å². The lowest BCUT2D eigenvalue weighted by atomic mass is 9.97. The van der Waals surface area contributed by atoms with E-state index in [2.05, 4.69) is 10.6 Å². The number of hydrogen-bond acceptors (Lipinski definition) is 4. The number of carbonyl (C=O) groups is 2. The minimum atomic E-state index is -0.126. The van der Waals surface area contributed by atoms with Gasteiger partial charge < -0.3 is 15.0 Å². The van der Waals surface area contributed by atoms with Gasteiger partial charge in [-0.2, -0.15) is 0 Å². The predicted molar refractivity (Wildman–Crippen MR) is 96.3 cm³/mol. The number of nitrogens with one attached hydrogen (secondary N) is 2. The van der Waals surface area contributed by atoms with Crippen LogP contribution >= 0.6 is 11.3 Å². The third-order valence-corrected chi connectivity index (χ3v) is 4.69. The lowest BCUT2D eigenvalue weighted by Crippen LogP contribution is -2.47. The average molecular weight is 353 g/mol. The zero-order chi connectivity index (χ0) is 17.4. The minimum absolute atomic E-state index is 0.0353. The number of likely N-dealkylation sites (tertiary alicyclic amines) is 1. The van der Waals surface area contributed by atoms with E-state index in [-0.39, 0.29) is 24.0 Å². The summed E-state index contributed by atoms with van der Waals surface area (Å²) in [7, 11) is 0. The van der Waals surface area contributed by atoms with Gasteiger partial charge in [-0.1, -0.05) is 0 Å². The summed E-state index contributed by atoms with van der Waals surface area (Å²) in [4.78, 5) is 26.3. The van der Waals surface area contributed by atoms with Crippen molar-refractivity contribution in [1.29, 1.82) is 0 Å². The van der Waals surface area contributed by atoms with Crippen molar-refractivity contribution in [2.45, 2.75) is 39.2 Å². The smallest absolute Gasteiger partial charge is 0.322 e. The van der Waals surface area contributed by atoms with Crippen LogP contribution in [0.5, 0.6) is 0 Å².